The molecule has 150 valence electrons. The summed E-state index contributed by atoms with van der Waals surface area (Å²) in [4.78, 5) is 16.2. The minimum atomic E-state index is -0.470. The van der Waals surface area contributed by atoms with E-state index in [0.717, 1.165) is 30.3 Å². The van der Waals surface area contributed by atoms with Crippen LogP contribution < -0.4 is 5.32 Å². The molecule has 0 saturated carbocycles. The number of likely N-dealkylation sites (tertiary alicyclic amines) is 1. The molecule has 2 saturated heterocycles. The quantitative estimate of drug-likeness (QED) is 0.849. The van der Waals surface area contributed by atoms with Crippen LogP contribution in [0.4, 0.5) is 4.79 Å². The zero-order valence-corrected chi connectivity index (χ0v) is 17.3. The lowest BCUT2D eigenvalue weighted by molar-refractivity contribution is -0.0471. The molecule has 7 heteroatoms. The smallest absolute Gasteiger partial charge is 0.410 e. The molecule has 0 aromatic heterocycles. The second kappa shape index (κ2) is 8.35. The zero-order valence-electron chi connectivity index (χ0n) is 16.6. The average Bonchev–Trinajstić information content (AvgIpc) is 2.53. The fraction of sp³-hybridized carbons (Fsp3) is 0.650. The van der Waals surface area contributed by atoms with Crippen molar-refractivity contribution in [2.45, 2.75) is 44.6 Å². The summed E-state index contributed by atoms with van der Waals surface area (Å²) in [6, 6.07) is 8.17. The number of ether oxygens (including phenoxy) is 2. The van der Waals surface area contributed by atoms with Crippen LogP contribution in [-0.4, -0.2) is 73.5 Å². The normalized spacial score (nSPS) is 23.0. The van der Waals surface area contributed by atoms with Gasteiger partial charge in [0.05, 0.1) is 18.8 Å². The maximum atomic E-state index is 12.2. The second-order valence-electron chi connectivity index (χ2n) is 8.45. The molecule has 0 spiro atoms. The number of morpholine rings is 1. The van der Waals surface area contributed by atoms with Crippen molar-refractivity contribution in [1.82, 2.24) is 15.1 Å². The highest BCUT2D eigenvalue weighted by atomic mass is 35.5. The van der Waals surface area contributed by atoms with E-state index < -0.39 is 5.60 Å². The van der Waals surface area contributed by atoms with Gasteiger partial charge in [-0.3, -0.25) is 0 Å². The summed E-state index contributed by atoms with van der Waals surface area (Å²) in [5.41, 5.74) is 0.678. The molecule has 0 radical (unpaired) electrons. The Bertz CT molecular complexity index is 641. The number of rotatable bonds is 4. The van der Waals surface area contributed by atoms with Gasteiger partial charge in [0.15, 0.2) is 0 Å². The molecule has 0 unspecified atom stereocenters. The van der Waals surface area contributed by atoms with Crippen molar-refractivity contribution in [3.63, 3.8) is 0 Å². The van der Waals surface area contributed by atoms with Gasteiger partial charge in [-0.1, -0.05) is 23.7 Å². The number of hydrogen-bond acceptors (Lipinski definition) is 5. The van der Waals surface area contributed by atoms with Crippen LogP contribution in [0.25, 0.3) is 0 Å². The van der Waals surface area contributed by atoms with E-state index in [9.17, 15) is 4.79 Å². The van der Waals surface area contributed by atoms with Gasteiger partial charge in [0.25, 0.3) is 0 Å². The summed E-state index contributed by atoms with van der Waals surface area (Å²) in [6.07, 6.45) is -0.197. The van der Waals surface area contributed by atoms with Crippen LogP contribution in [0.1, 0.15) is 32.4 Å². The fourth-order valence-electron chi connectivity index (χ4n) is 3.41. The summed E-state index contributed by atoms with van der Waals surface area (Å²) in [6.45, 7) is 9.46. The lowest BCUT2D eigenvalue weighted by atomic mass is 9.97. The van der Waals surface area contributed by atoms with E-state index in [-0.39, 0.29) is 24.3 Å². The van der Waals surface area contributed by atoms with E-state index in [1.807, 2.05) is 45.0 Å². The van der Waals surface area contributed by atoms with E-state index in [1.165, 1.54) is 0 Å². The van der Waals surface area contributed by atoms with Crippen molar-refractivity contribution in [2.75, 3.05) is 39.8 Å². The van der Waals surface area contributed by atoms with Gasteiger partial charge in [-0.05, 0) is 45.5 Å². The molecule has 27 heavy (non-hydrogen) atoms. The predicted octanol–water partition coefficient (Wildman–Crippen LogP) is 2.92. The van der Waals surface area contributed by atoms with Crippen LogP contribution >= 0.6 is 11.6 Å². The number of likely N-dealkylation sites (N-methyl/N-ethyl adjacent to an activating group) is 1. The number of nitrogens with zero attached hydrogens (tertiary/aromatic N) is 2. The summed E-state index contributed by atoms with van der Waals surface area (Å²) >= 11 is 6.06. The highest BCUT2D eigenvalue weighted by molar-refractivity contribution is 6.30. The van der Waals surface area contributed by atoms with Gasteiger partial charge in [0, 0.05) is 37.2 Å². The highest BCUT2D eigenvalue weighted by Gasteiger charge is 2.37. The Balaban J connectivity index is 1.63. The minimum Gasteiger partial charge on any atom is -0.444 e. The molecule has 0 aliphatic carbocycles. The molecule has 2 aliphatic rings. The number of amides is 1. The van der Waals surface area contributed by atoms with Crippen LogP contribution in [-0.2, 0) is 9.47 Å². The molecular formula is C20H30ClN3O3. The molecule has 2 atom stereocenters. The average molecular weight is 396 g/mol. The molecule has 1 aromatic rings. The largest absolute Gasteiger partial charge is 0.444 e. The van der Waals surface area contributed by atoms with Crippen LogP contribution in [0.2, 0.25) is 5.02 Å². The Morgan fingerprint density at radius 1 is 1.26 bits per heavy atom. The lowest BCUT2D eigenvalue weighted by Crippen LogP contribution is -2.62. The van der Waals surface area contributed by atoms with E-state index >= 15 is 0 Å². The van der Waals surface area contributed by atoms with Crippen LogP contribution in [0.3, 0.4) is 0 Å². The third-order valence-corrected chi connectivity index (χ3v) is 5.10. The van der Waals surface area contributed by atoms with E-state index in [4.69, 9.17) is 21.1 Å². The molecule has 1 amide bonds. The van der Waals surface area contributed by atoms with Gasteiger partial charge in [-0.2, -0.15) is 0 Å². The number of carbonyl (C=O) groups is 1. The SMILES string of the molecule is CN1CCO[C@H]([C@@H](NC2CN(C(=O)OC(C)(C)C)C2)c2ccc(Cl)cc2)C1. The Morgan fingerprint density at radius 3 is 2.52 bits per heavy atom. The summed E-state index contributed by atoms with van der Waals surface area (Å²) in [7, 11) is 2.11. The lowest BCUT2D eigenvalue weighted by Gasteiger charge is -2.44. The van der Waals surface area contributed by atoms with Gasteiger partial charge < -0.3 is 24.6 Å². The number of halogens is 1. The topological polar surface area (TPSA) is 54.0 Å². The van der Waals surface area contributed by atoms with Crippen LogP contribution in [0.5, 0.6) is 0 Å². The van der Waals surface area contributed by atoms with Crippen molar-refractivity contribution in [1.29, 1.82) is 0 Å². The molecule has 2 fully saturated rings. The van der Waals surface area contributed by atoms with Crippen molar-refractivity contribution < 1.29 is 14.3 Å². The van der Waals surface area contributed by atoms with E-state index in [2.05, 4.69) is 17.3 Å². The van der Waals surface area contributed by atoms with Crippen LogP contribution in [0, 0.1) is 0 Å². The molecule has 0 bridgehead atoms. The standard InChI is InChI=1S/C20H30ClN3O3/c1-20(2,3)27-19(25)24-11-16(12-24)22-18(14-5-7-15(21)8-6-14)17-13-23(4)9-10-26-17/h5-8,16-18,22H,9-13H2,1-4H3/t17-,18-/m0/s1. The first kappa shape index (κ1) is 20.4. The number of benzene rings is 1. The Labute approximate surface area is 166 Å². The first-order chi connectivity index (χ1) is 12.7. The third-order valence-electron chi connectivity index (χ3n) is 4.85. The molecule has 1 aromatic carbocycles. The first-order valence-corrected chi connectivity index (χ1v) is 9.88. The van der Waals surface area contributed by atoms with E-state index in [0.29, 0.717) is 13.1 Å². The van der Waals surface area contributed by atoms with Gasteiger partial charge >= 0.3 is 6.09 Å². The number of hydrogen-bond donors (Lipinski definition) is 1. The first-order valence-electron chi connectivity index (χ1n) is 9.51. The Kier molecular flexibility index (Phi) is 6.31. The maximum absolute atomic E-state index is 12.2. The van der Waals surface area contributed by atoms with Gasteiger partial charge in [0.2, 0.25) is 0 Å². The zero-order chi connectivity index (χ0) is 19.6. The van der Waals surface area contributed by atoms with Gasteiger partial charge in [-0.15, -0.1) is 0 Å². The summed E-state index contributed by atoms with van der Waals surface area (Å²) in [5, 5.41) is 4.40. The third kappa shape index (κ3) is 5.57. The van der Waals surface area contributed by atoms with E-state index in [1.54, 1.807) is 4.90 Å². The summed E-state index contributed by atoms with van der Waals surface area (Å²) < 4.78 is 11.5. The van der Waals surface area contributed by atoms with Crippen LogP contribution in [0.15, 0.2) is 24.3 Å². The van der Waals surface area contributed by atoms with Crippen molar-refractivity contribution in [3.05, 3.63) is 34.9 Å². The minimum absolute atomic E-state index is 0.0517. The molecule has 3 rings (SSSR count). The summed E-state index contributed by atoms with van der Waals surface area (Å²) in [5.74, 6) is 0. The molecular weight excluding hydrogens is 366 g/mol. The van der Waals surface area contributed by atoms with Gasteiger partial charge in [-0.25, -0.2) is 4.79 Å². The van der Waals surface area contributed by atoms with Crippen molar-refractivity contribution in [2.24, 2.45) is 0 Å². The highest BCUT2D eigenvalue weighted by Crippen LogP contribution is 2.26. The fourth-order valence-corrected chi connectivity index (χ4v) is 3.54. The number of carbonyl (C=O) groups excluding carboxylic acids is 1. The second-order valence-corrected chi connectivity index (χ2v) is 8.89. The molecule has 6 nitrogen and oxygen atoms in total. The monoisotopic (exact) mass is 395 g/mol. The number of nitrogens with one attached hydrogen (secondary N) is 1. The Hall–Kier alpha value is -1.34. The Morgan fingerprint density at radius 2 is 1.93 bits per heavy atom. The molecule has 1 N–H and O–H groups in total. The molecule has 2 heterocycles. The predicted molar refractivity (Wildman–Crippen MR) is 106 cm³/mol. The van der Waals surface area contributed by atoms with Gasteiger partial charge in [0.1, 0.15) is 5.60 Å². The molecule has 2 aliphatic heterocycles. The van der Waals surface area contributed by atoms with Crippen molar-refractivity contribution in [3.8, 4) is 0 Å². The maximum Gasteiger partial charge on any atom is 0.410 e. The van der Waals surface area contributed by atoms with Crippen molar-refractivity contribution >= 4 is 17.7 Å².